The number of nitrogen functional groups attached to an aromatic ring is 1. The third-order valence-corrected chi connectivity index (χ3v) is 6.27. The van der Waals surface area contributed by atoms with Gasteiger partial charge in [-0.2, -0.15) is 14.4 Å². The number of carbonyl (C=O) groups is 4. The molecule has 0 amide bonds. The number of cyclic esters (lactones) is 4. The Balaban J connectivity index is 1.57. The zero-order valence-electron chi connectivity index (χ0n) is 22.3. The topological polar surface area (TPSA) is 221 Å². The van der Waals surface area contributed by atoms with E-state index in [9.17, 15) is 23.6 Å². The van der Waals surface area contributed by atoms with Gasteiger partial charge in [0.1, 0.15) is 12.5 Å². The highest BCUT2D eigenvalue weighted by Gasteiger charge is 2.59. The number of anilines is 1. The lowest BCUT2D eigenvalue weighted by atomic mass is 9.93. The first kappa shape index (κ1) is 28.9. The van der Waals surface area contributed by atoms with Gasteiger partial charge >= 0.3 is 30.7 Å². The molecule has 0 aromatic carbocycles. The number of nitrogens with zero attached hydrogens (tertiary/aromatic N) is 4. The summed E-state index contributed by atoms with van der Waals surface area (Å²) >= 11 is 0. The summed E-state index contributed by atoms with van der Waals surface area (Å²) in [7, 11) is 0.988. The molecule has 43 heavy (non-hydrogen) atoms. The van der Waals surface area contributed by atoms with Gasteiger partial charge in [-0.1, -0.05) is 5.92 Å². The summed E-state index contributed by atoms with van der Waals surface area (Å²) < 4.78 is 61.4. The molecule has 0 saturated carbocycles. The Morgan fingerprint density at radius 3 is 2.53 bits per heavy atom. The molecule has 18 nitrogen and oxygen atoms in total. The number of fused-ring (bicyclic) bond motifs is 1. The molecule has 2 aromatic rings. The molecule has 2 unspecified atom stereocenters. The van der Waals surface area contributed by atoms with Crippen LogP contribution in [0.25, 0.3) is 11.2 Å². The van der Waals surface area contributed by atoms with Gasteiger partial charge in [0.25, 0.3) is 0 Å². The Morgan fingerprint density at radius 1 is 1.19 bits per heavy atom. The summed E-state index contributed by atoms with van der Waals surface area (Å²) in [4.78, 5) is 59.6. The first-order valence-electron chi connectivity index (χ1n) is 12.1. The second-order valence-electron chi connectivity index (χ2n) is 8.86. The number of hydrogen-bond acceptors (Lipinski definition) is 17. The first-order chi connectivity index (χ1) is 20.4. The van der Waals surface area contributed by atoms with E-state index in [-0.39, 0.29) is 29.2 Å². The SMILES string of the molecule is C#C[C@@]1(C(OC(=O)OC)=C2OC(=O)OC2C)O[C@@H](n2cnc3c(N)nc(F)nc32)C[C@@H]1OC(=O)OC=C1OC(=O)OC1C. The second kappa shape index (κ2) is 11.0. The van der Waals surface area contributed by atoms with Gasteiger partial charge in [-0.25, -0.2) is 24.2 Å². The monoisotopic (exact) mass is 605 g/mol. The van der Waals surface area contributed by atoms with Crippen LogP contribution in [0, 0.1) is 18.4 Å². The van der Waals surface area contributed by atoms with Gasteiger partial charge < -0.3 is 48.4 Å². The van der Waals surface area contributed by atoms with Crippen LogP contribution in [0.2, 0.25) is 0 Å². The van der Waals surface area contributed by atoms with Crippen molar-refractivity contribution >= 4 is 41.6 Å². The van der Waals surface area contributed by atoms with Crippen molar-refractivity contribution in [2.75, 3.05) is 12.8 Å². The number of ether oxygens (including phenoxy) is 9. The maximum absolute atomic E-state index is 14.1. The highest BCUT2D eigenvalue weighted by Crippen LogP contribution is 2.46. The van der Waals surface area contributed by atoms with Crippen molar-refractivity contribution in [3.63, 3.8) is 0 Å². The fourth-order valence-electron chi connectivity index (χ4n) is 4.34. The Kier molecular flexibility index (Phi) is 7.37. The maximum atomic E-state index is 14.1. The lowest BCUT2D eigenvalue weighted by molar-refractivity contribution is -0.0769. The number of halogens is 1. The number of imidazole rings is 1. The lowest BCUT2D eigenvalue weighted by Gasteiger charge is -2.30. The van der Waals surface area contributed by atoms with Crippen LogP contribution in [0.15, 0.2) is 29.9 Å². The number of aromatic nitrogens is 4. The average Bonchev–Trinajstić information content (AvgIpc) is 3.70. The molecule has 3 fully saturated rings. The molecule has 5 rings (SSSR count). The minimum absolute atomic E-state index is 0.00490. The molecule has 3 saturated heterocycles. The largest absolute Gasteiger partial charge is 0.514 e. The van der Waals surface area contributed by atoms with Gasteiger partial charge in [0.05, 0.1) is 13.4 Å². The molecule has 5 atom stereocenters. The van der Waals surface area contributed by atoms with Crippen LogP contribution >= 0.6 is 0 Å². The fraction of sp³-hybridized carbons (Fsp3) is 0.375. The van der Waals surface area contributed by atoms with Crippen LogP contribution in [0.5, 0.6) is 0 Å². The standard InChI is InChI=1S/C24H20FN5O13/c1-5-24(16(42-20(31)35-4)15-10(3)38-23(34)41-15)12(40-21(32)36-7-11-9(2)37-22(33)39-11)6-13(43-24)30-8-27-14-17(26)28-19(25)29-18(14)30/h1,7-10,12-13H,6H2,2-4H3,(H2,26,28,29)/t9?,10?,12-,13+,24+/m0/s1. The predicted octanol–water partition coefficient (Wildman–Crippen LogP) is 2.31. The minimum Gasteiger partial charge on any atom is -0.437 e. The molecule has 3 aliphatic heterocycles. The van der Waals surface area contributed by atoms with Crippen molar-refractivity contribution in [1.82, 2.24) is 19.5 Å². The molecular formula is C24H20FN5O13. The van der Waals surface area contributed by atoms with Crippen molar-refractivity contribution in [1.29, 1.82) is 0 Å². The van der Waals surface area contributed by atoms with E-state index in [1.807, 2.05) is 0 Å². The minimum atomic E-state index is -2.35. The van der Waals surface area contributed by atoms with E-state index < -0.39 is 72.4 Å². The Morgan fingerprint density at radius 2 is 1.91 bits per heavy atom. The maximum Gasteiger partial charge on any atom is 0.514 e. The van der Waals surface area contributed by atoms with Crippen LogP contribution in [0.4, 0.5) is 29.4 Å². The van der Waals surface area contributed by atoms with E-state index in [1.54, 1.807) is 0 Å². The number of rotatable bonds is 5. The highest BCUT2D eigenvalue weighted by atomic mass is 19.1. The Labute approximate surface area is 239 Å². The van der Waals surface area contributed by atoms with Gasteiger partial charge in [0.15, 0.2) is 46.8 Å². The summed E-state index contributed by atoms with van der Waals surface area (Å²) in [6, 6.07) is 0. The number of hydrogen-bond donors (Lipinski definition) is 1. The third-order valence-electron chi connectivity index (χ3n) is 6.27. The summed E-state index contributed by atoms with van der Waals surface area (Å²) in [5, 5.41) is 0. The van der Waals surface area contributed by atoms with Crippen molar-refractivity contribution in [2.45, 2.75) is 50.4 Å². The van der Waals surface area contributed by atoms with Crippen LogP contribution < -0.4 is 5.73 Å². The summed E-state index contributed by atoms with van der Waals surface area (Å²) in [6.45, 7) is 2.82. The van der Waals surface area contributed by atoms with E-state index in [4.69, 9.17) is 50.1 Å². The van der Waals surface area contributed by atoms with Gasteiger partial charge in [0.2, 0.25) is 11.4 Å². The zero-order chi connectivity index (χ0) is 31.1. The van der Waals surface area contributed by atoms with E-state index >= 15 is 0 Å². The van der Waals surface area contributed by atoms with Crippen molar-refractivity contribution in [3.05, 3.63) is 35.9 Å². The average molecular weight is 605 g/mol. The molecule has 0 bridgehead atoms. The number of terminal acetylenes is 1. The predicted molar refractivity (Wildman–Crippen MR) is 130 cm³/mol. The van der Waals surface area contributed by atoms with Crippen LogP contribution in [0.1, 0.15) is 26.5 Å². The smallest absolute Gasteiger partial charge is 0.437 e. The zero-order valence-corrected chi connectivity index (χ0v) is 22.3. The first-order valence-corrected chi connectivity index (χ1v) is 12.1. The highest BCUT2D eigenvalue weighted by molar-refractivity contribution is 5.81. The van der Waals surface area contributed by atoms with Gasteiger partial charge in [-0.3, -0.25) is 4.57 Å². The molecule has 0 aliphatic carbocycles. The van der Waals surface area contributed by atoms with Crippen LogP contribution in [-0.2, 0) is 42.6 Å². The van der Waals surface area contributed by atoms with Crippen LogP contribution in [0.3, 0.4) is 0 Å². The van der Waals surface area contributed by atoms with E-state index in [2.05, 4.69) is 25.6 Å². The van der Waals surface area contributed by atoms with E-state index in [1.165, 1.54) is 24.7 Å². The summed E-state index contributed by atoms with van der Waals surface area (Å²) in [5.74, 6) is 0.812. The van der Waals surface area contributed by atoms with Crippen LogP contribution in [-0.4, -0.2) is 75.2 Å². The summed E-state index contributed by atoms with van der Waals surface area (Å²) in [5.41, 5.74) is 3.29. The molecule has 0 spiro atoms. The van der Waals surface area contributed by atoms with Crippen molar-refractivity contribution < 1.29 is 66.2 Å². The molecule has 0 radical (unpaired) electrons. The quantitative estimate of drug-likeness (QED) is 0.170. The van der Waals surface area contributed by atoms with E-state index in [0.29, 0.717) is 0 Å². The molecule has 2 N–H and O–H groups in total. The number of nitrogens with two attached hydrogens (primary N) is 1. The normalized spacial score (nSPS) is 28.4. The van der Waals surface area contributed by atoms with Crippen molar-refractivity contribution in [3.8, 4) is 12.3 Å². The van der Waals surface area contributed by atoms with E-state index in [0.717, 1.165) is 13.4 Å². The molecule has 5 heterocycles. The molecule has 3 aliphatic rings. The molecule has 2 aromatic heterocycles. The Hall–Kier alpha value is -5.64. The molecule has 19 heteroatoms. The molecular weight excluding hydrogens is 585 g/mol. The van der Waals surface area contributed by atoms with Gasteiger partial charge in [-0.05, 0) is 13.8 Å². The van der Waals surface area contributed by atoms with Crippen molar-refractivity contribution in [2.24, 2.45) is 0 Å². The van der Waals surface area contributed by atoms with Gasteiger partial charge in [-0.15, -0.1) is 6.42 Å². The third kappa shape index (κ3) is 5.26. The lowest BCUT2D eigenvalue weighted by Crippen LogP contribution is -2.45. The summed E-state index contributed by atoms with van der Waals surface area (Å²) in [6.07, 6.45) is -3.42. The van der Waals surface area contributed by atoms with Gasteiger partial charge in [0, 0.05) is 6.42 Å². The number of carbonyl (C=O) groups excluding carboxylic acids is 4. The number of methoxy groups -OCH3 is 1. The second-order valence-corrected chi connectivity index (χ2v) is 8.86. The fourth-order valence-corrected chi connectivity index (χ4v) is 4.34. The molecule has 226 valence electrons. The Bertz CT molecular complexity index is 1630.